The van der Waals surface area contributed by atoms with Crippen LogP contribution in [-0.4, -0.2) is 39.3 Å². The molecule has 1 fully saturated rings. The number of halogens is 1. The lowest BCUT2D eigenvalue weighted by Gasteiger charge is -2.36. The lowest BCUT2D eigenvalue weighted by molar-refractivity contribution is -0.0251. The Morgan fingerprint density at radius 2 is 2.07 bits per heavy atom. The number of hydrogen-bond acceptors (Lipinski definition) is 5. The third-order valence-electron chi connectivity index (χ3n) is 4.62. The molecule has 2 aromatic rings. The second kappa shape index (κ2) is 7.60. The Labute approximate surface area is 155 Å². The Morgan fingerprint density at radius 1 is 1.33 bits per heavy atom. The average molecular weight is 371 g/mol. The number of likely N-dealkylation sites (tertiary alicyclic amines) is 1. The third-order valence-corrected chi connectivity index (χ3v) is 4.62. The number of carboxylic acid groups (broad SMARTS) is 1. The van der Waals surface area contributed by atoms with Crippen LogP contribution in [0, 0.1) is 17.1 Å². The second-order valence-corrected chi connectivity index (χ2v) is 6.37. The van der Waals surface area contributed by atoms with Crippen LogP contribution in [0.4, 0.5) is 9.18 Å². The minimum absolute atomic E-state index is 0.0702. The van der Waals surface area contributed by atoms with E-state index in [1.54, 1.807) is 18.2 Å². The van der Waals surface area contributed by atoms with Crippen molar-refractivity contribution in [1.82, 2.24) is 9.88 Å². The van der Waals surface area contributed by atoms with E-state index in [2.05, 4.69) is 4.98 Å². The number of pyridine rings is 1. The fourth-order valence-corrected chi connectivity index (χ4v) is 2.96. The molecule has 3 rings (SSSR count). The quantitative estimate of drug-likeness (QED) is 0.856. The van der Waals surface area contributed by atoms with E-state index in [0.717, 1.165) is 6.07 Å². The SMILES string of the molecule is N#Cc1ccc(COc2cccc(C3(O)CCN(C(=O)O)CC3)n2)c(F)c1. The van der Waals surface area contributed by atoms with Gasteiger partial charge in [0, 0.05) is 24.7 Å². The Morgan fingerprint density at radius 3 is 2.70 bits per heavy atom. The molecule has 7 nitrogen and oxygen atoms in total. The molecule has 140 valence electrons. The van der Waals surface area contributed by atoms with Gasteiger partial charge in [-0.05, 0) is 31.0 Å². The molecule has 1 amide bonds. The van der Waals surface area contributed by atoms with Crippen LogP contribution in [0.5, 0.6) is 5.88 Å². The van der Waals surface area contributed by atoms with Gasteiger partial charge < -0.3 is 19.8 Å². The molecule has 1 aromatic carbocycles. The normalized spacial score (nSPS) is 15.8. The molecule has 0 atom stereocenters. The standard InChI is InChI=1S/C19H18FN3O4/c20-15-10-13(11-21)4-5-14(15)12-27-17-3-1-2-16(22-17)19(26)6-8-23(9-7-19)18(24)25/h1-5,10,26H,6-9,12H2,(H,24,25). The Hall–Kier alpha value is -3.18. The van der Waals surface area contributed by atoms with E-state index < -0.39 is 17.5 Å². The zero-order valence-electron chi connectivity index (χ0n) is 14.4. The Balaban J connectivity index is 1.69. The van der Waals surface area contributed by atoms with Crippen molar-refractivity contribution in [3.05, 3.63) is 59.0 Å². The molecular weight excluding hydrogens is 353 g/mol. The molecule has 8 heteroatoms. The molecular formula is C19H18FN3O4. The molecule has 1 aromatic heterocycles. The van der Waals surface area contributed by atoms with Gasteiger partial charge in [0.15, 0.2) is 0 Å². The lowest BCUT2D eigenvalue weighted by atomic mass is 9.88. The van der Waals surface area contributed by atoms with Gasteiger partial charge in [-0.25, -0.2) is 14.2 Å². The number of benzene rings is 1. The number of hydrogen-bond donors (Lipinski definition) is 2. The molecule has 0 unspecified atom stereocenters. The fourth-order valence-electron chi connectivity index (χ4n) is 2.96. The van der Waals surface area contributed by atoms with E-state index in [1.165, 1.54) is 17.0 Å². The maximum atomic E-state index is 13.9. The molecule has 1 saturated heterocycles. The average Bonchev–Trinajstić information content (AvgIpc) is 2.67. The van der Waals surface area contributed by atoms with E-state index in [9.17, 15) is 14.3 Å². The van der Waals surface area contributed by atoms with E-state index in [1.807, 2.05) is 6.07 Å². The van der Waals surface area contributed by atoms with Crippen LogP contribution < -0.4 is 4.74 Å². The van der Waals surface area contributed by atoms with Gasteiger partial charge in [-0.3, -0.25) is 0 Å². The first kappa shape index (κ1) is 18.6. The van der Waals surface area contributed by atoms with Crippen LogP contribution in [0.2, 0.25) is 0 Å². The number of nitrogens with zero attached hydrogens (tertiary/aromatic N) is 3. The van der Waals surface area contributed by atoms with Crippen molar-refractivity contribution in [2.45, 2.75) is 25.0 Å². The molecule has 0 bridgehead atoms. The van der Waals surface area contributed by atoms with Crippen LogP contribution in [-0.2, 0) is 12.2 Å². The first-order chi connectivity index (χ1) is 12.9. The topological polar surface area (TPSA) is 107 Å². The Bertz CT molecular complexity index is 889. The highest BCUT2D eigenvalue weighted by molar-refractivity contribution is 5.65. The lowest BCUT2D eigenvalue weighted by Crippen LogP contribution is -2.45. The van der Waals surface area contributed by atoms with Crippen molar-refractivity contribution >= 4 is 6.09 Å². The third kappa shape index (κ3) is 4.15. The summed E-state index contributed by atoms with van der Waals surface area (Å²) in [6, 6.07) is 10.9. The van der Waals surface area contributed by atoms with E-state index in [0.29, 0.717) is 5.69 Å². The number of piperidine rings is 1. The van der Waals surface area contributed by atoms with Crippen LogP contribution >= 0.6 is 0 Å². The molecule has 27 heavy (non-hydrogen) atoms. The fraction of sp³-hybridized carbons (Fsp3) is 0.316. The van der Waals surface area contributed by atoms with Gasteiger partial charge >= 0.3 is 6.09 Å². The van der Waals surface area contributed by atoms with Crippen molar-refractivity contribution in [1.29, 1.82) is 5.26 Å². The summed E-state index contributed by atoms with van der Waals surface area (Å²) in [4.78, 5) is 16.6. The van der Waals surface area contributed by atoms with E-state index in [4.69, 9.17) is 15.1 Å². The smallest absolute Gasteiger partial charge is 0.407 e. The number of rotatable bonds is 4. The van der Waals surface area contributed by atoms with Crippen molar-refractivity contribution in [3.63, 3.8) is 0 Å². The molecule has 1 aliphatic heterocycles. The minimum atomic E-state index is -1.23. The first-order valence-electron chi connectivity index (χ1n) is 8.40. The van der Waals surface area contributed by atoms with Crippen molar-refractivity contribution in [2.24, 2.45) is 0 Å². The maximum absolute atomic E-state index is 13.9. The number of ether oxygens (including phenoxy) is 1. The summed E-state index contributed by atoms with van der Waals surface area (Å²) >= 11 is 0. The molecule has 0 saturated carbocycles. The van der Waals surface area contributed by atoms with Crippen molar-refractivity contribution in [3.8, 4) is 11.9 Å². The largest absolute Gasteiger partial charge is 0.473 e. The van der Waals surface area contributed by atoms with Gasteiger partial charge in [-0.1, -0.05) is 12.1 Å². The summed E-state index contributed by atoms with van der Waals surface area (Å²) in [5.74, 6) is -0.310. The Kier molecular flexibility index (Phi) is 5.23. The van der Waals surface area contributed by atoms with Gasteiger partial charge in [0.05, 0.1) is 17.3 Å². The van der Waals surface area contributed by atoms with Crippen LogP contribution in [0.3, 0.4) is 0 Å². The number of carbonyl (C=O) groups is 1. The zero-order valence-corrected chi connectivity index (χ0v) is 14.4. The number of aliphatic hydroxyl groups is 1. The van der Waals surface area contributed by atoms with Gasteiger partial charge in [-0.2, -0.15) is 5.26 Å². The molecule has 0 spiro atoms. The predicted octanol–water partition coefficient (Wildman–Crippen LogP) is 2.63. The molecule has 2 heterocycles. The summed E-state index contributed by atoms with van der Waals surface area (Å²) in [5, 5.41) is 28.6. The molecule has 0 radical (unpaired) electrons. The highest BCUT2D eigenvalue weighted by Crippen LogP contribution is 2.32. The summed E-state index contributed by atoms with van der Waals surface area (Å²) in [6.45, 7) is 0.364. The van der Waals surface area contributed by atoms with Crippen LogP contribution in [0.15, 0.2) is 36.4 Å². The predicted molar refractivity (Wildman–Crippen MR) is 92.4 cm³/mol. The first-order valence-corrected chi connectivity index (χ1v) is 8.40. The molecule has 0 aliphatic carbocycles. The number of aromatic nitrogens is 1. The second-order valence-electron chi connectivity index (χ2n) is 6.37. The van der Waals surface area contributed by atoms with Gasteiger partial charge in [0.25, 0.3) is 0 Å². The molecule has 2 N–H and O–H groups in total. The highest BCUT2D eigenvalue weighted by atomic mass is 19.1. The number of nitriles is 1. The van der Waals surface area contributed by atoms with Crippen LogP contribution in [0.25, 0.3) is 0 Å². The highest BCUT2D eigenvalue weighted by Gasteiger charge is 2.36. The minimum Gasteiger partial charge on any atom is -0.473 e. The van der Waals surface area contributed by atoms with Gasteiger partial charge in [0.2, 0.25) is 5.88 Å². The zero-order chi connectivity index (χ0) is 19.4. The summed E-state index contributed by atoms with van der Waals surface area (Å²) in [7, 11) is 0. The van der Waals surface area contributed by atoms with Crippen LogP contribution in [0.1, 0.15) is 29.7 Å². The van der Waals surface area contributed by atoms with E-state index in [-0.39, 0.29) is 49.5 Å². The van der Waals surface area contributed by atoms with Crippen molar-refractivity contribution in [2.75, 3.05) is 13.1 Å². The van der Waals surface area contributed by atoms with E-state index >= 15 is 0 Å². The number of amides is 1. The summed E-state index contributed by atoms with van der Waals surface area (Å²) in [5.41, 5.74) is -0.323. The van der Waals surface area contributed by atoms with Gasteiger partial charge in [0.1, 0.15) is 18.0 Å². The van der Waals surface area contributed by atoms with Crippen molar-refractivity contribution < 1.29 is 24.1 Å². The molecule has 1 aliphatic rings. The summed E-state index contributed by atoms with van der Waals surface area (Å²) in [6.07, 6.45) is -0.536. The van der Waals surface area contributed by atoms with Gasteiger partial charge in [-0.15, -0.1) is 0 Å². The monoisotopic (exact) mass is 371 g/mol. The maximum Gasteiger partial charge on any atom is 0.407 e. The summed E-state index contributed by atoms with van der Waals surface area (Å²) < 4.78 is 19.5.